The molecule has 3 aromatic rings. The zero-order valence-electron chi connectivity index (χ0n) is 12.7. The second-order valence-electron chi connectivity index (χ2n) is 5.04. The van der Waals surface area contributed by atoms with Crippen LogP contribution in [0, 0.1) is 5.82 Å². The summed E-state index contributed by atoms with van der Waals surface area (Å²) in [5.41, 5.74) is 1.34. The van der Waals surface area contributed by atoms with E-state index in [0.717, 1.165) is 5.56 Å². The number of para-hydroxylation sites is 1. The number of amides is 1. The second kappa shape index (κ2) is 7.32. The summed E-state index contributed by atoms with van der Waals surface area (Å²) in [6.45, 7) is 0.541. The molecular formula is C18H15FN4O. The number of benzene rings is 2. The molecule has 1 heterocycles. The van der Waals surface area contributed by atoms with Crippen LogP contribution in [0.1, 0.15) is 16.1 Å². The summed E-state index contributed by atoms with van der Waals surface area (Å²) in [6, 6.07) is 17.2. The number of rotatable bonds is 5. The van der Waals surface area contributed by atoms with E-state index < -0.39 is 11.7 Å². The van der Waals surface area contributed by atoms with Crippen LogP contribution in [0.3, 0.4) is 0 Å². The lowest BCUT2D eigenvalue weighted by molar-refractivity contribution is 0.102. The lowest BCUT2D eigenvalue weighted by Crippen LogP contribution is -2.16. The van der Waals surface area contributed by atoms with Gasteiger partial charge in [-0.15, -0.1) is 0 Å². The Kier molecular flexibility index (Phi) is 4.76. The number of hydrogen-bond donors (Lipinski definition) is 2. The normalized spacial score (nSPS) is 10.2. The van der Waals surface area contributed by atoms with Crippen LogP contribution < -0.4 is 10.6 Å². The van der Waals surface area contributed by atoms with E-state index in [1.807, 2.05) is 30.3 Å². The molecule has 0 unspecified atom stereocenters. The zero-order valence-corrected chi connectivity index (χ0v) is 12.7. The average molecular weight is 322 g/mol. The first-order chi connectivity index (χ1) is 11.7. The maximum Gasteiger partial charge on any atom is 0.274 e. The van der Waals surface area contributed by atoms with Crippen molar-refractivity contribution in [1.82, 2.24) is 9.97 Å². The second-order valence-corrected chi connectivity index (χ2v) is 5.04. The molecular weight excluding hydrogens is 307 g/mol. The number of nitrogens with one attached hydrogen (secondary N) is 2. The van der Waals surface area contributed by atoms with E-state index in [9.17, 15) is 9.18 Å². The first kappa shape index (κ1) is 15.6. The predicted octanol–water partition coefficient (Wildman–Crippen LogP) is 3.48. The lowest BCUT2D eigenvalue weighted by Gasteiger charge is -2.08. The van der Waals surface area contributed by atoms with E-state index in [2.05, 4.69) is 20.6 Å². The van der Waals surface area contributed by atoms with Crippen molar-refractivity contribution in [3.05, 3.63) is 83.9 Å². The number of nitrogens with zero attached hydrogens (tertiary/aromatic N) is 2. The Labute approximate surface area is 138 Å². The van der Waals surface area contributed by atoms with Crippen LogP contribution in [0.5, 0.6) is 0 Å². The van der Waals surface area contributed by atoms with E-state index in [0.29, 0.717) is 12.5 Å². The molecule has 1 aromatic heterocycles. The number of carbonyl (C=O) groups is 1. The minimum atomic E-state index is -0.498. The highest BCUT2D eigenvalue weighted by Gasteiger charge is 2.11. The largest absolute Gasteiger partial charge is 0.350 e. The van der Waals surface area contributed by atoms with Gasteiger partial charge < -0.3 is 10.6 Å². The van der Waals surface area contributed by atoms with E-state index in [-0.39, 0.29) is 11.4 Å². The molecule has 0 aliphatic carbocycles. The van der Waals surface area contributed by atoms with Crippen molar-refractivity contribution in [3.8, 4) is 0 Å². The quantitative estimate of drug-likeness (QED) is 0.755. The molecule has 6 heteroatoms. The van der Waals surface area contributed by atoms with E-state index in [4.69, 9.17) is 0 Å². The Morgan fingerprint density at radius 3 is 2.54 bits per heavy atom. The van der Waals surface area contributed by atoms with Crippen molar-refractivity contribution in [2.45, 2.75) is 6.54 Å². The number of anilines is 2. The minimum Gasteiger partial charge on any atom is -0.350 e. The molecule has 2 aromatic carbocycles. The molecule has 0 fully saturated rings. The molecule has 2 N–H and O–H groups in total. The lowest BCUT2D eigenvalue weighted by atomic mass is 10.2. The first-order valence-electron chi connectivity index (χ1n) is 7.39. The molecule has 0 radical (unpaired) electrons. The maximum absolute atomic E-state index is 13.6. The molecule has 0 spiro atoms. The Bertz CT molecular complexity index is 839. The molecule has 120 valence electrons. The van der Waals surface area contributed by atoms with Crippen molar-refractivity contribution in [2.24, 2.45) is 0 Å². The van der Waals surface area contributed by atoms with Crippen molar-refractivity contribution in [3.63, 3.8) is 0 Å². The third-order valence-corrected chi connectivity index (χ3v) is 3.30. The van der Waals surface area contributed by atoms with E-state index in [1.54, 1.807) is 12.1 Å². The van der Waals surface area contributed by atoms with Crippen LogP contribution in [-0.2, 0) is 6.54 Å². The van der Waals surface area contributed by atoms with Gasteiger partial charge in [0.15, 0.2) is 0 Å². The molecule has 5 nitrogen and oxygen atoms in total. The third kappa shape index (κ3) is 3.92. The van der Waals surface area contributed by atoms with Crippen LogP contribution in [0.2, 0.25) is 0 Å². The maximum atomic E-state index is 13.6. The van der Waals surface area contributed by atoms with Gasteiger partial charge >= 0.3 is 0 Å². The Hall–Kier alpha value is -3.28. The van der Waals surface area contributed by atoms with Crippen LogP contribution in [0.4, 0.5) is 16.0 Å². The average Bonchev–Trinajstić information content (AvgIpc) is 2.63. The summed E-state index contributed by atoms with van der Waals surface area (Å²) in [5.74, 6) is -0.660. The Balaban J connectivity index is 1.68. The number of aromatic nitrogens is 2. The van der Waals surface area contributed by atoms with Gasteiger partial charge in [-0.3, -0.25) is 4.79 Å². The summed E-state index contributed by atoms with van der Waals surface area (Å²) in [6.07, 6.45) is 1.48. The first-order valence-corrected chi connectivity index (χ1v) is 7.39. The van der Waals surface area contributed by atoms with Crippen molar-refractivity contribution < 1.29 is 9.18 Å². The van der Waals surface area contributed by atoms with Crippen LogP contribution in [0.25, 0.3) is 0 Å². The molecule has 0 saturated carbocycles. The third-order valence-electron chi connectivity index (χ3n) is 3.30. The fourth-order valence-electron chi connectivity index (χ4n) is 2.10. The van der Waals surface area contributed by atoms with Gasteiger partial charge in [0.25, 0.3) is 5.91 Å². The summed E-state index contributed by atoms with van der Waals surface area (Å²) in [5, 5.41) is 5.55. The summed E-state index contributed by atoms with van der Waals surface area (Å²) in [4.78, 5) is 20.4. The molecule has 0 saturated heterocycles. The monoisotopic (exact) mass is 322 g/mol. The summed E-state index contributed by atoms with van der Waals surface area (Å²) < 4.78 is 13.6. The summed E-state index contributed by atoms with van der Waals surface area (Å²) in [7, 11) is 0. The Morgan fingerprint density at radius 1 is 1.00 bits per heavy atom. The van der Waals surface area contributed by atoms with Gasteiger partial charge in [-0.2, -0.15) is 0 Å². The van der Waals surface area contributed by atoms with Gasteiger partial charge in [0, 0.05) is 12.7 Å². The number of hydrogen-bond acceptors (Lipinski definition) is 4. The highest BCUT2D eigenvalue weighted by Crippen LogP contribution is 2.14. The van der Waals surface area contributed by atoms with E-state index >= 15 is 0 Å². The van der Waals surface area contributed by atoms with Crippen molar-refractivity contribution in [1.29, 1.82) is 0 Å². The molecule has 1 amide bonds. The van der Waals surface area contributed by atoms with E-state index in [1.165, 1.54) is 24.4 Å². The minimum absolute atomic E-state index is 0.111. The van der Waals surface area contributed by atoms with Crippen LogP contribution >= 0.6 is 0 Å². The van der Waals surface area contributed by atoms with Gasteiger partial charge in [-0.25, -0.2) is 14.4 Å². The summed E-state index contributed by atoms with van der Waals surface area (Å²) >= 11 is 0. The van der Waals surface area contributed by atoms with Gasteiger partial charge in [0.2, 0.25) is 5.95 Å². The van der Waals surface area contributed by atoms with Gasteiger partial charge in [-0.05, 0) is 23.8 Å². The van der Waals surface area contributed by atoms with Gasteiger partial charge in [-0.1, -0.05) is 42.5 Å². The molecule has 0 aliphatic heterocycles. The fraction of sp³-hybridized carbons (Fsp3) is 0.0556. The van der Waals surface area contributed by atoms with Crippen LogP contribution in [0.15, 0.2) is 66.9 Å². The molecule has 0 bridgehead atoms. The Morgan fingerprint density at radius 2 is 1.75 bits per heavy atom. The van der Waals surface area contributed by atoms with Gasteiger partial charge in [0.05, 0.1) is 5.69 Å². The molecule has 24 heavy (non-hydrogen) atoms. The highest BCUT2D eigenvalue weighted by molar-refractivity contribution is 6.03. The number of carbonyl (C=O) groups excluding carboxylic acids is 1. The molecule has 3 rings (SSSR count). The smallest absolute Gasteiger partial charge is 0.274 e. The fourth-order valence-corrected chi connectivity index (χ4v) is 2.10. The number of halogens is 1. The predicted molar refractivity (Wildman–Crippen MR) is 90.2 cm³/mol. The van der Waals surface area contributed by atoms with Crippen molar-refractivity contribution >= 4 is 17.5 Å². The van der Waals surface area contributed by atoms with Crippen molar-refractivity contribution in [2.75, 3.05) is 10.6 Å². The highest BCUT2D eigenvalue weighted by atomic mass is 19.1. The van der Waals surface area contributed by atoms with Gasteiger partial charge in [0.1, 0.15) is 11.5 Å². The molecule has 0 aliphatic rings. The zero-order chi connectivity index (χ0) is 16.8. The van der Waals surface area contributed by atoms with Crippen LogP contribution in [-0.4, -0.2) is 15.9 Å². The topological polar surface area (TPSA) is 66.9 Å². The SMILES string of the molecule is O=C(Nc1ccccc1F)c1ccnc(NCc2ccccc2)n1. The standard InChI is InChI=1S/C18H15FN4O/c19-14-8-4-5-9-15(14)22-17(24)16-10-11-20-18(23-16)21-12-13-6-2-1-3-7-13/h1-11H,12H2,(H,22,24)(H,20,21,23). The molecule has 0 atom stereocenters.